The Bertz CT molecular complexity index is 337. The van der Waals surface area contributed by atoms with Crippen LogP contribution >= 0.6 is 11.8 Å². The summed E-state index contributed by atoms with van der Waals surface area (Å²) in [5.74, 6) is 8.19. The Morgan fingerprint density at radius 2 is 2.06 bits per heavy atom. The fraction of sp³-hybridized carbons (Fsp3) is 0.429. The number of benzene rings is 1. The molecule has 1 N–H and O–H groups in total. The molecule has 16 heavy (non-hydrogen) atoms. The van der Waals surface area contributed by atoms with E-state index in [1.807, 2.05) is 42.1 Å². The first-order valence-corrected chi connectivity index (χ1v) is 6.96. The molecule has 0 saturated carbocycles. The fourth-order valence-corrected chi connectivity index (χ4v) is 2.08. The third-order valence-electron chi connectivity index (χ3n) is 2.16. The largest absolute Gasteiger partial charge is 0.306 e. The lowest BCUT2D eigenvalue weighted by atomic mass is 10.2. The summed E-state index contributed by atoms with van der Waals surface area (Å²) in [5.41, 5.74) is 1.08. The molecule has 1 rings (SSSR count). The third-order valence-corrected chi connectivity index (χ3v) is 3.07. The Morgan fingerprint density at radius 1 is 1.31 bits per heavy atom. The van der Waals surface area contributed by atoms with E-state index in [1.165, 1.54) is 5.75 Å². The van der Waals surface area contributed by atoms with E-state index in [2.05, 4.69) is 30.3 Å². The van der Waals surface area contributed by atoms with Crippen molar-refractivity contribution >= 4 is 11.8 Å². The van der Waals surface area contributed by atoms with Gasteiger partial charge in [-0.2, -0.15) is 11.8 Å². The van der Waals surface area contributed by atoms with E-state index < -0.39 is 0 Å². The van der Waals surface area contributed by atoms with Crippen LogP contribution < -0.4 is 5.32 Å². The van der Waals surface area contributed by atoms with E-state index in [0.717, 1.165) is 18.7 Å². The quantitative estimate of drug-likeness (QED) is 0.620. The van der Waals surface area contributed by atoms with Crippen LogP contribution in [0.1, 0.15) is 12.5 Å². The van der Waals surface area contributed by atoms with E-state index in [0.29, 0.717) is 5.92 Å². The normalized spacial score (nSPS) is 11.6. The monoisotopic (exact) mass is 233 g/mol. The molecule has 0 aliphatic carbocycles. The molecule has 1 nitrogen and oxygen atoms in total. The van der Waals surface area contributed by atoms with Crippen molar-refractivity contribution in [1.82, 2.24) is 5.32 Å². The van der Waals surface area contributed by atoms with E-state index in [-0.39, 0.29) is 0 Å². The zero-order valence-corrected chi connectivity index (χ0v) is 10.8. The molecule has 0 aromatic heterocycles. The molecule has 0 bridgehead atoms. The molecule has 1 unspecified atom stereocenters. The van der Waals surface area contributed by atoms with E-state index in [9.17, 15) is 0 Å². The van der Waals surface area contributed by atoms with Crippen LogP contribution in [-0.4, -0.2) is 25.1 Å². The molecular formula is C14H19NS. The summed E-state index contributed by atoms with van der Waals surface area (Å²) >= 11 is 1.89. The number of hydrogen-bond donors (Lipinski definition) is 1. The topological polar surface area (TPSA) is 12.0 Å². The Balaban J connectivity index is 2.19. The van der Waals surface area contributed by atoms with Gasteiger partial charge >= 0.3 is 0 Å². The van der Waals surface area contributed by atoms with Gasteiger partial charge in [0.25, 0.3) is 0 Å². The summed E-state index contributed by atoms with van der Waals surface area (Å²) in [7, 11) is 0. The predicted octanol–water partition coefficient (Wildman–Crippen LogP) is 2.63. The van der Waals surface area contributed by atoms with Crippen LogP contribution in [0.5, 0.6) is 0 Å². The van der Waals surface area contributed by atoms with Crippen LogP contribution in [0, 0.1) is 17.8 Å². The van der Waals surface area contributed by atoms with Crippen molar-refractivity contribution in [3.63, 3.8) is 0 Å². The second-order valence-corrected chi connectivity index (χ2v) is 4.77. The summed E-state index contributed by atoms with van der Waals surface area (Å²) in [6.07, 6.45) is 2.14. The summed E-state index contributed by atoms with van der Waals surface area (Å²) < 4.78 is 0. The Kier molecular flexibility index (Phi) is 6.80. The first-order valence-electron chi connectivity index (χ1n) is 5.56. The summed E-state index contributed by atoms with van der Waals surface area (Å²) in [5, 5.41) is 3.35. The minimum atomic E-state index is 0.716. The van der Waals surface area contributed by atoms with Gasteiger partial charge in [-0.1, -0.05) is 37.0 Å². The molecule has 0 saturated heterocycles. The fourth-order valence-electron chi connectivity index (χ4n) is 1.39. The van der Waals surface area contributed by atoms with Crippen LogP contribution in [-0.2, 0) is 0 Å². The standard InChI is InChI=1S/C14H19NS/c1-13(12-16-2)11-15-10-6-9-14-7-4-3-5-8-14/h3-5,7-8,13,15H,10-12H2,1-2H3. The van der Waals surface area contributed by atoms with Gasteiger partial charge in [0.15, 0.2) is 0 Å². The zero-order chi connectivity index (χ0) is 11.6. The van der Waals surface area contributed by atoms with Gasteiger partial charge in [0.05, 0.1) is 6.54 Å². The van der Waals surface area contributed by atoms with Crippen molar-refractivity contribution in [2.45, 2.75) is 6.92 Å². The molecule has 1 atom stereocenters. The minimum Gasteiger partial charge on any atom is -0.306 e. The van der Waals surface area contributed by atoms with Crippen LogP contribution in [0.15, 0.2) is 30.3 Å². The number of rotatable bonds is 5. The maximum Gasteiger partial charge on any atom is 0.0580 e. The second kappa shape index (κ2) is 8.27. The highest BCUT2D eigenvalue weighted by molar-refractivity contribution is 7.98. The lowest BCUT2D eigenvalue weighted by Crippen LogP contribution is -2.22. The van der Waals surface area contributed by atoms with E-state index in [4.69, 9.17) is 0 Å². The lowest BCUT2D eigenvalue weighted by Gasteiger charge is -2.08. The SMILES string of the molecule is CSCC(C)CNCC#Cc1ccccc1. The van der Waals surface area contributed by atoms with E-state index >= 15 is 0 Å². The maximum atomic E-state index is 3.35. The molecular weight excluding hydrogens is 214 g/mol. The summed E-state index contributed by atoms with van der Waals surface area (Å²) in [6.45, 7) is 4.08. The maximum absolute atomic E-state index is 3.35. The van der Waals surface area contributed by atoms with Gasteiger partial charge in [-0.25, -0.2) is 0 Å². The molecule has 0 aliphatic rings. The van der Waals surface area contributed by atoms with Crippen molar-refractivity contribution in [1.29, 1.82) is 0 Å². The average molecular weight is 233 g/mol. The van der Waals surface area contributed by atoms with Crippen molar-refractivity contribution in [2.24, 2.45) is 5.92 Å². The number of hydrogen-bond acceptors (Lipinski definition) is 2. The lowest BCUT2D eigenvalue weighted by molar-refractivity contribution is 0.588. The Hall–Kier alpha value is -0.910. The van der Waals surface area contributed by atoms with Crippen LogP contribution in [0.4, 0.5) is 0 Å². The van der Waals surface area contributed by atoms with Crippen LogP contribution in [0.3, 0.4) is 0 Å². The van der Waals surface area contributed by atoms with Crippen LogP contribution in [0.2, 0.25) is 0 Å². The van der Waals surface area contributed by atoms with Crippen molar-refractivity contribution < 1.29 is 0 Å². The zero-order valence-electron chi connectivity index (χ0n) is 9.99. The molecule has 0 fully saturated rings. The molecule has 0 radical (unpaired) electrons. The van der Waals surface area contributed by atoms with Gasteiger partial charge in [-0.15, -0.1) is 0 Å². The first-order chi connectivity index (χ1) is 7.83. The summed E-state index contributed by atoms with van der Waals surface area (Å²) in [6, 6.07) is 10.1. The van der Waals surface area contributed by atoms with Gasteiger partial charge in [-0.05, 0) is 36.6 Å². The Morgan fingerprint density at radius 3 is 2.75 bits per heavy atom. The molecule has 1 aromatic rings. The number of thioether (sulfide) groups is 1. The predicted molar refractivity (Wildman–Crippen MR) is 73.7 cm³/mol. The number of nitrogens with one attached hydrogen (secondary N) is 1. The highest BCUT2D eigenvalue weighted by Crippen LogP contribution is 2.02. The van der Waals surface area contributed by atoms with Gasteiger partial charge < -0.3 is 5.32 Å². The molecule has 0 spiro atoms. The van der Waals surface area contributed by atoms with Gasteiger partial charge in [0, 0.05) is 5.56 Å². The molecule has 1 aromatic carbocycles. The molecule has 0 heterocycles. The molecule has 86 valence electrons. The second-order valence-electron chi connectivity index (χ2n) is 3.86. The van der Waals surface area contributed by atoms with Gasteiger partial charge in [0.2, 0.25) is 0 Å². The van der Waals surface area contributed by atoms with Gasteiger partial charge in [-0.3, -0.25) is 0 Å². The minimum absolute atomic E-state index is 0.716. The smallest absolute Gasteiger partial charge is 0.0580 e. The molecule has 0 aliphatic heterocycles. The highest BCUT2D eigenvalue weighted by atomic mass is 32.2. The molecule has 2 heteroatoms. The van der Waals surface area contributed by atoms with Gasteiger partial charge in [0.1, 0.15) is 0 Å². The van der Waals surface area contributed by atoms with Crippen molar-refractivity contribution in [3.8, 4) is 11.8 Å². The highest BCUT2D eigenvalue weighted by Gasteiger charge is 1.97. The Labute approximate surface area is 103 Å². The first kappa shape index (κ1) is 13.2. The van der Waals surface area contributed by atoms with Crippen molar-refractivity contribution in [2.75, 3.05) is 25.1 Å². The molecule has 0 amide bonds. The third kappa shape index (κ3) is 5.85. The average Bonchev–Trinajstić information content (AvgIpc) is 2.30. The van der Waals surface area contributed by atoms with E-state index in [1.54, 1.807) is 0 Å². The summed E-state index contributed by atoms with van der Waals surface area (Å²) in [4.78, 5) is 0. The van der Waals surface area contributed by atoms with Crippen molar-refractivity contribution in [3.05, 3.63) is 35.9 Å². The van der Waals surface area contributed by atoms with Crippen LogP contribution in [0.25, 0.3) is 0 Å².